The number of fused-ring (bicyclic) bond motifs is 1. The Balaban J connectivity index is 1.41. The first-order valence-corrected chi connectivity index (χ1v) is 8.23. The molecule has 3 aromatic rings. The van der Waals surface area contributed by atoms with E-state index in [9.17, 15) is 18.4 Å². The molecule has 2 aromatic heterocycles. The SMILES string of the molecule is O=C(N[C@H]1COc2[nH]ncc2NC1=O)c1cn(Cc2ccc(F)c(F)c2)cn1. The number of H-pyrrole nitrogens is 1. The number of carbonyl (C=O) groups is 2. The molecule has 1 aromatic carbocycles. The highest BCUT2D eigenvalue weighted by molar-refractivity contribution is 6.01. The average Bonchev–Trinajstić information content (AvgIpc) is 3.28. The predicted molar refractivity (Wildman–Crippen MR) is 91.7 cm³/mol. The van der Waals surface area contributed by atoms with E-state index in [1.807, 2.05) is 0 Å². The molecular formula is C17H14F2N6O3. The fourth-order valence-electron chi connectivity index (χ4n) is 2.69. The third-order valence-electron chi connectivity index (χ3n) is 4.09. The number of hydrogen-bond acceptors (Lipinski definition) is 5. The van der Waals surface area contributed by atoms with E-state index in [-0.39, 0.29) is 18.8 Å². The number of anilines is 1. The van der Waals surface area contributed by atoms with E-state index >= 15 is 0 Å². The van der Waals surface area contributed by atoms with Crippen molar-refractivity contribution in [2.24, 2.45) is 0 Å². The third kappa shape index (κ3) is 3.54. The lowest BCUT2D eigenvalue weighted by atomic mass is 10.2. The number of hydrogen-bond donors (Lipinski definition) is 3. The van der Waals surface area contributed by atoms with Crippen molar-refractivity contribution in [3.8, 4) is 5.88 Å². The molecule has 9 nitrogen and oxygen atoms in total. The van der Waals surface area contributed by atoms with Gasteiger partial charge in [-0.25, -0.2) is 18.9 Å². The van der Waals surface area contributed by atoms with Gasteiger partial charge in [0, 0.05) is 12.7 Å². The fourth-order valence-corrected chi connectivity index (χ4v) is 2.69. The molecule has 11 heteroatoms. The van der Waals surface area contributed by atoms with Gasteiger partial charge in [0.25, 0.3) is 11.8 Å². The summed E-state index contributed by atoms with van der Waals surface area (Å²) in [5.41, 5.74) is 0.965. The first-order chi connectivity index (χ1) is 13.5. The molecule has 1 aliphatic heterocycles. The summed E-state index contributed by atoms with van der Waals surface area (Å²) in [6.07, 6.45) is 4.23. The van der Waals surface area contributed by atoms with Crippen LogP contribution in [-0.4, -0.2) is 44.2 Å². The van der Waals surface area contributed by atoms with E-state index in [1.165, 1.54) is 24.8 Å². The maximum atomic E-state index is 13.3. The van der Waals surface area contributed by atoms with Crippen molar-refractivity contribution in [1.29, 1.82) is 0 Å². The van der Waals surface area contributed by atoms with Crippen molar-refractivity contribution in [1.82, 2.24) is 25.1 Å². The van der Waals surface area contributed by atoms with Crippen LogP contribution in [0.2, 0.25) is 0 Å². The summed E-state index contributed by atoms with van der Waals surface area (Å²) in [5.74, 6) is -2.60. The molecule has 0 radical (unpaired) electrons. The number of nitrogens with zero attached hydrogens (tertiary/aromatic N) is 3. The maximum absolute atomic E-state index is 13.3. The summed E-state index contributed by atoms with van der Waals surface area (Å²) in [4.78, 5) is 28.6. The van der Waals surface area contributed by atoms with Crippen molar-refractivity contribution in [3.05, 3.63) is 59.8 Å². The fraction of sp³-hybridized carbons (Fsp3) is 0.176. The number of nitrogens with one attached hydrogen (secondary N) is 3. The van der Waals surface area contributed by atoms with Gasteiger partial charge in [0.2, 0.25) is 5.88 Å². The van der Waals surface area contributed by atoms with Gasteiger partial charge in [0.05, 0.1) is 12.5 Å². The molecule has 3 N–H and O–H groups in total. The van der Waals surface area contributed by atoms with Crippen LogP contribution in [0.1, 0.15) is 16.1 Å². The number of carbonyl (C=O) groups excluding carboxylic acids is 2. The standard InChI is InChI=1S/C17H14F2N6O3/c18-10-2-1-9(3-11(10)19)5-25-6-13(20-8-25)15(26)23-14-7-28-17-12(4-21-24-17)22-16(14)27/h1-4,6,8,14H,5,7H2,(H,21,24)(H,22,27)(H,23,26)/t14-/m0/s1. The Morgan fingerprint density at radius 2 is 2.21 bits per heavy atom. The van der Waals surface area contributed by atoms with E-state index in [4.69, 9.17) is 4.74 Å². The Hall–Kier alpha value is -3.76. The van der Waals surface area contributed by atoms with Gasteiger partial charge in [-0.3, -0.25) is 9.59 Å². The van der Waals surface area contributed by atoms with E-state index < -0.39 is 29.5 Å². The van der Waals surface area contributed by atoms with Gasteiger partial charge in [0.15, 0.2) is 11.6 Å². The number of imidazole rings is 1. The Morgan fingerprint density at radius 3 is 3.04 bits per heavy atom. The molecular weight excluding hydrogens is 374 g/mol. The number of rotatable bonds is 4. The summed E-state index contributed by atoms with van der Waals surface area (Å²) in [7, 11) is 0. The second kappa shape index (κ2) is 7.10. The molecule has 0 bridgehead atoms. The quantitative estimate of drug-likeness (QED) is 0.619. The van der Waals surface area contributed by atoms with Gasteiger partial charge in [-0.15, -0.1) is 0 Å². The van der Waals surface area contributed by atoms with Crippen molar-refractivity contribution in [2.75, 3.05) is 11.9 Å². The summed E-state index contributed by atoms with van der Waals surface area (Å²) >= 11 is 0. The van der Waals surface area contributed by atoms with Crippen LogP contribution in [-0.2, 0) is 11.3 Å². The van der Waals surface area contributed by atoms with Crippen LogP contribution >= 0.6 is 0 Å². The van der Waals surface area contributed by atoms with Crippen LogP contribution in [0.15, 0.2) is 36.9 Å². The molecule has 4 rings (SSSR count). The molecule has 0 aliphatic carbocycles. The molecule has 1 atom stereocenters. The van der Waals surface area contributed by atoms with Crippen LogP contribution in [0.25, 0.3) is 0 Å². The Kier molecular flexibility index (Phi) is 4.47. The first kappa shape index (κ1) is 17.6. The number of aromatic nitrogens is 4. The zero-order valence-corrected chi connectivity index (χ0v) is 14.3. The number of benzene rings is 1. The van der Waals surface area contributed by atoms with E-state index in [2.05, 4.69) is 25.8 Å². The summed E-state index contributed by atoms with van der Waals surface area (Å²) in [6, 6.07) is 2.62. The van der Waals surface area contributed by atoms with Crippen molar-refractivity contribution >= 4 is 17.5 Å². The monoisotopic (exact) mass is 388 g/mol. The van der Waals surface area contributed by atoms with Crippen LogP contribution in [0, 0.1) is 11.6 Å². The average molecular weight is 388 g/mol. The van der Waals surface area contributed by atoms with Crippen molar-refractivity contribution in [2.45, 2.75) is 12.6 Å². The Labute approximate surface area is 156 Å². The second-order valence-electron chi connectivity index (χ2n) is 6.12. The third-order valence-corrected chi connectivity index (χ3v) is 4.09. The highest BCUT2D eigenvalue weighted by Crippen LogP contribution is 2.23. The number of halogens is 2. The lowest BCUT2D eigenvalue weighted by Crippen LogP contribution is -2.46. The highest BCUT2D eigenvalue weighted by atomic mass is 19.2. The topological polar surface area (TPSA) is 114 Å². The first-order valence-electron chi connectivity index (χ1n) is 8.23. The maximum Gasteiger partial charge on any atom is 0.272 e. The molecule has 0 saturated carbocycles. The summed E-state index contributed by atoms with van der Waals surface area (Å²) < 4.78 is 33.3. The van der Waals surface area contributed by atoms with Crippen LogP contribution < -0.4 is 15.4 Å². The molecule has 28 heavy (non-hydrogen) atoms. The molecule has 144 valence electrons. The summed E-state index contributed by atoms with van der Waals surface area (Å²) in [6.45, 7) is 0.120. The minimum atomic E-state index is -0.949. The van der Waals surface area contributed by atoms with Gasteiger partial charge in [0.1, 0.15) is 24.0 Å². The lowest BCUT2D eigenvalue weighted by molar-refractivity contribution is -0.118. The van der Waals surface area contributed by atoms with Gasteiger partial charge < -0.3 is 19.9 Å². The Bertz CT molecular complexity index is 1050. The summed E-state index contributed by atoms with van der Waals surface area (Å²) in [5, 5.41) is 11.5. The minimum absolute atomic E-state index is 0.0693. The molecule has 0 saturated heterocycles. The number of amides is 2. The lowest BCUT2D eigenvalue weighted by Gasteiger charge is -2.13. The molecule has 2 amide bonds. The predicted octanol–water partition coefficient (Wildman–Crippen LogP) is 1.06. The molecule has 0 unspecified atom stereocenters. The zero-order chi connectivity index (χ0) is 19.7. The van der Waals surface area contributed by atoms with Crippen molar-refractivity contribution in [3.63, 3.8) is 0 Å². The molecule has 0 fully saturated rings. The minimum Gasteiger partial charge on any atom is -0.474 e. The van der Waals surface area contributed by atoms with Gasteiger partial charge >= 0.3 is 0 Å². The normalized spacial score (nSPS) is 15.9. The number of ether oxygens (including phenoxy) is 1. The van der Waals surface area contributed by atoms with E-state index in [1.54, 1.807) is 4.57 Å². The van der Waals surface area contributed by atoms with E-state index in [0.717, 1.165) is 12.1 Å². The molecule has 3 heterocycles. The van der Waals surface area contributed by atoms with E-state index in [0.29, 0.717) is 17.1 Å². The highest BCUT2D eigenvalue weighted by Gasteiger charge is 2.28. The Morgan fingerprint density at radius 1 is 1.36 bits per heavy atom. The van der Waals surface area contributed by atoms with Gasteiger partial charge in [-0.1, -0.05) is 6.07 Å². The smallest absolute Gasteiger partial charge is 0.272 e. The number of aromatic amines is 1. The van der Waals surface area contributed by atoms with Crippen LogP contribution in [0.3, 0.4) is 0 Å². The second-order valence-corrected chi connectivity index (χ2v) is 6.12. The van der Waals surface area contributed by atoms with Gasteiger partial charge in [-0.05, 0) is 17.7 Å². The molecule has 1 aliphatic rings. The van der Waals surface area contributed by atoms with Gasteiger partial charge in [-0.2, -0.15) is 5.10 Å². The van der Waals surface area contributed by atoms with Crippen LogP contribution in [0.5, 0.6) is 5.88 Å². The van der Waals surface area contributed by atoms with Crippen molar-refractivity contribution < 1.29 is 23.1 Å². The van der Waals surface area contributed by atoms with Crippen LogP contribution in [0.4, 0.5) is 14.5 Å². The zero-order valence-electron chi connectivity index (χ0n) is 14.3. The molecule has 0 spiro atoms. The largest absolute Gasteiger partial charge is 0.474 e.